The molecule has 0 saturated carbocycles. The number of hydrogen-bond acceptors (Lipinski definition) is 3. The number of allylic oxidation sites excluding steroid dienone is 2. The molecule has 0 aromatic heterocycles. The van der Waals surface area contributed by atoms with Crippen molar-refractivity contribution in [3.05, 3.63) is 83.7 Å². The molecule has 1 N–H and O–H groups in total. The second-order valence-corrected chi connectivity index (χ2v) is 5.70. The standard InChI is InChI=1S/C21H22N2O/c1-15-5-7-19(8-6-15)16(2)13-14-22-18(4)23-21-11-9-20(10-12-21)17(3)24/h5-14,23H,4H2,1-3H3/b16-13+,22-14-. The second kappa shape index (κ2) is 8.06. The van der Waals surface area contributed by atoms with E-state index in [2.05, 4.69) is 48.1 Å². The van der Waals surface area contributed by atoms with E-state index in [-0.39, 0.29) is 5.78 Å². The number of nitrogens with zero attached hydrogens (tertiary/aromatic N) is 1. The zero-order chi connectivity index (χ0) is 17.5. The van der Waals surface area contributed by atoms with Gasteiger partial charge in [0.15, 0.2) is 5.78 Å². The maximum Gasteiger partial charge on any atom is 0.159 e. The van der Waals surface area contributed by atoms with E-state index in [0.29, 0.717) is 11.4 Å². The molecule has 24 heavy (non-hydrogen) atoms. The van der Waals surface area contributed by atoms with Gasteiger partial charge in [0.1, 0.15) is 5.82 Å². The number of carbonyl (C=O) groups excluding carboxylic acids is 1. The Morgan fingerprint density at radius 3 is 2.17 bits per heavy atom. The third-order valence-electron chi connectivity index (χ3n) is 3.64. The van der Waals surface area contributed by atoms with Crippen LogP contribution < -0.4 is 5.32 Å². The van der Waals surface area contributed by atoms with E-state index < -0.39 is 0 Å². The quantitative estimate of drug-likeness (QED) is 0.583. The maximum atomic E-state index is 11.3. The summed E-state index contributed by atoms with van der Waals surface area (Å²) in [6, 6.07) is 15.6. The lowest BCUT2D eigenvalue weighted by Crippen LogP contribution is -1.97. The van der Waals surface area contributed by atoms with Crippen molar-refractivity contribution in [2.45, 2.75) is 20.8 Å². The van der Waals surface area contributed by atoms with Crippen molar-refractivity contribution in [1.29, 1.82) is 0 Å². The van der Waals surface area contributed by atoms with Crippen LogP contribution in [0.5, 0.6) is 0 Å². The highest BCUT2D eigenvalue weighted by Gasteiger charge is 1.99. The largest absolute Gasteiger partial charge is 0.341 e. The minimum atomic E-state index is 0.0510. The predicted molar refractivity (Wildman–Crippen MR) is 103 cm³/mol. The lowest BCUT2D eigenvalue weighted by molar-refractivity contribution is 0.101. The van der Waals surface area contributed by atoms with Crippen molar-refractivity contribution < 1.29 is 4.79 Å². The van der Waals surface area contributed by atoms with Crippen LogP contribution in [0.1, 0.15) is 35.3 Å². The number of benzene rings is 2. The SMILES string of the molecule is C=C(/N=C\C=C(/C)c1ccc(C)cc1)Nc1ccc(C(C)=O)cc1. The second-order valence-electron chi connectivity index (χ2n) is 5.70. The van der Waals surface area contributed by atoms with Crippen LogP contribution in [0.4, 0.5) is 5.69 Å². The Hall–Kier alpha value is -2.94. The van der Waals surface area contributed by atoms with E-state index in [1.807, 2.05) is 25.1 Å². The summed E-state index contributed by atoms with van der Waals surface area (Å²) in [6.45, 7) is 9.55. The molecule has 0 fully saturated rings. The zero-order valence-electron chi connectivity index (χ0n) is 14.3. The number of nitrogens with one attached hydrogen (secondary N) is 1. The van der Waals surface area contributed by atoms with Crippen LogP contribution in [0, 0.1) is 6.92 Å². The van der Waals surface area contributed by atoms with Gasteiger partial charge in [0.05, 0.1) is 0 Å². The van der Waals surface area contributed by atoms with Gasteiger partial charge in [-0.15, -0.1) is 0 Å². The summed E-state index contributed by atoms with van der Waals surface area (Å²) >= 11 is 0. The Kier molecular flexibility index (Phi) is 5.85. The number of aliphatic imine (C=N–C) groups is 1. The average molecular weight is 318 g/mol. The Labute approximate surface area is 143 Å². The van der Waals surface area contributed by atoms with Gasteiger partial charge >= 0.3 is 0 Å². The first kappa shape index (κ1) is 17.4. The molecule has 2 rings (SSSR count). The number of aryl methyl sites for hydroxylation is 1. The molecule has 0 bridgehead atoms. The van der Waals surface area contributed by atoms with Gasteiger partial charge in [-0.05, 0) is 62.2 Å². The van der Waals surface area contributed by atoms with Gasteiger partial charge in [-0.2, -0.15) is 0 Å². The Morgan fingerprint density at radius 2 is 1.58 bits per heavy atom. The van der Waals surface area contributed by atoms with Crippen molar-refractivity contribution in [2.75, 3.05) is 5.32 Å². The Bertz CT molecular complexity index is 782. The molecule has 0 spiro atoms. The van der Waals surface area contributed by atoms with Gasteiger partial charge in [-0.25, -0.2) is 4.99 Å². The van der Waals surface area contributed by atoms with Crippen molar-refractivity contribution in [3.8, 4) is 0 Å². The minimum Gasteiger partial charge on any atom is -0.341 e. The van der Waals surface area contributed by atoms with E-state index in [4.69, 9.17) is 0 Å². The molecular weight excluding hydrogens is 296 g/mol. The number of hydrogen-bond donors (Lipinski definition) is 1. The van der Waals surface area contributed by atoms with E-state index in [1.54, 1.807) is 25.3 Å². The fraction of sp³-hybridized carbons (Fsp3) is 0.143. The fourth-order valence-electron chi connectivity index (χ4n) is 2.14. The molecule has 0 aliphatic carbocycles. The van der Waals surface area contributed by atoms with Gasteiger partial charge in [0, 0.05) is 17.5 Å². The molecule has 0 unspecified atom stereocenters. The van der Waals surface area contributed by atoms with Crippen LogP contribution >= 0.6 is 0 Å². The lowest BCUT2D eigenvalue weighted by Gasteiger charge is -2.05. The summed E-state index contributed by atoms with van der Waals surface area (Å²) < 4.78 is 0. The van der Waals surface area contributed by atoms with Crippen LogP contribution in [0.25, 0.3) is 5.57 Å². The number of rotatable bonds is 6. The summed E-state index contributed by atoms with van der Waals surface area (Å²) in [6.07, 6.45) is 3.69. The normalized spacial score (nSPS) is 11.5. The highest BCUT2D eigenvalue weighted by atomic mass is 16.1. The molecule has 0 atom stereocenters. The van der Waals surface area contributed by atoms with Crippen LogP contribution in [-0.4, -0.2) is 12.0 Å². The Morgan fingerprint density at radius 1 is 1.00 bits per heavy atom. The molecule has 0 aliphatic heterocycles. The minimum absolute atomic E-state index is 0.0510. The highest BCUT2D eigenvalue weighted by Crippen LogP contribution is 2.14. The third kappa shape index (κ3) is 5.06. The number of Topliss-reactive ketones (excluding diaryl/α,β-unsaturated/α-hetero) is 1. The van der Waals surface area contributed by atoms with Crippen molar-refractivity contribution in [1.82, 2.24) is 0 Å². The first-order chi connectivity index (χ1) is 11.5. The van der Waals surface area contributed by atoms with E-state index in [9.17, 15) is 4.79 Å². The highest BCUT2D eigenvalue weighted by molar-refractivity contribution is 5.94. The molecule has 0 amide bonds. The molecule has 0 radical (unpaired) electrons. The molecule has 0 saturated heterocycles. The topological polar surface area (TPSA) is 41.5 Å². The van der Waals surface area contributed by atoms with Gasteiger partial charge in [-0.1, -0.05) is 36.4 Å². The van der Waals surface area contributed by atoms with Gasteiger partial charge in [0.25, 0.3) is 0 Å². The number of ketones is 1. The molecule has 2 aromatic carbocycles. The van der Waals surface area contributed by atoms with Crippen molar-refractivity contribution in [3.63, 3.8) is 0 Å². The van der Waals surface area contributed by atoms with Crippen molar-refractivity contribution >= 4 is 23.3 Å². The van der Waals surface area contributed by atoms with E-state index >= 15 is 0 Å². The summed E-state index contributed by atoms with van der Waals surface area (Å²) in [5, 5.41) is 3.10. The molecule has 3 heteroatoms. The van der Waals surface area contributed by atoms with Gasteiger partial charge < -0.3 is 5.32 Å². The lowest BCUT2D eigenvalue weighted by atomic mass is 10.1. The van der Waals surface area contributed by atoms with E-state index in [0.717, 1.165) is 11.3 Å². The molecule has 122 valence electrons. The number of anilines is 1. The summed E-state index contributed by atoms with van der Waals surface area (Å²) in [7, 11) is 0. The molecule has 2 aromatic rings. The van der Waals surface area contributed by atoms with Crippen LogP contribution in [0.3, 0.4) is 0 Å². The molecule has 0 aliphatic rings. The Balaban J connectivity index is 1.96. The summed E-state index contributed by atoms with van der Waals surface area (Å²) in [5.41, 5.74) is 5.09. The first-order valence-electron chi connectivity index (χ1n) is 7.80. The fourth-order valence-corrected chi connectivity index (χ4v) is 2.14. The number of carbonyl (C=O) groups is 1. The first-order valence-corrected chi connectivity index (χ1v) is 7.80. The molecule has 3 nitrogen and oxygen atoms in total. The monoisotopic (exact) mass is 318 g/mol. The predicted octanol–water partition coefficient (Wildman–Crippen LogP) is 5.26. The summed E-state index contributed by atoms with van der Waals surface area (Å²) in [5.74, 6) is 0.591. The third-order valence-corrected chi connectivity index (χ3v) is 3.64. The molecule has 0 heterocycles. The van der Waals surface area contributed by atoms with Gasteiger partial charge in [0.2, 0.25) is 0 Å². The average Bonchev–Trinajstić information content (AvgIpc) is 2.55. The van der Waals surface area contributed by atoms with Crippen molar-refractivity contribution in [2.24, 2.45) is 4.99 Å². The molecular formula is C21H22N2O. The van der Waals surface area contributed by atoms with Gasteiger partial charge in [-0.3, -0.25) is 4.79 Å². The van der Waals surface area contributed by atoms with Crippen LogP contribution in [0.2, 0.25) is 0 Å². The smallest absolute Gasteiger partial charge is 0.159 e. The van der Waals surface area contributed by atoms with E-state index in [1.165, 1.54) is 11.1 Å². The summed E-state index contributed by atoms with van der Waals surface area (Å²) in [4.78, 5) is 15.5. The zero-order valence-corrected chi connectivity index (χ0v) is 14.3. The van der Waals surface area contributed by atoms with Crippen LogP contribution in [0.15, 0.2) is 72.0 Å². The van der Waals surface area contributed by atoms with Crippen LogP contribution in [-0.2, 0) is 0 Å². The maximum absolute atomic E-state index is 11.3.